The molecule has 2 heterocycles. The molecule has 150 valence electrons. The number of hydrogen-bond donors (Lipinski definition) is 2. The molecule has 2 aromatic rings. The fraction of sp³-hybridized carbons (Fsp3) is 0.550. The van der Waals surface area contributed by atoms with E-state index >= 15 is 0 Å². The smallest absolute Gasteiger partial charge is 0.383 e. The summed E-state index contributed by atoms with van der Waals surface area (Å²) in [6.45, 7) is 4.21. The minimum absolute atomic E-state index is 0.0641. The Kier molecular flexibility index (Phi) is 4.67. The summed E-state index contributed by atoms with van der Waals surface area (Å²) in [6, 6.07) is 3.94. The highest BCUT2D eigenvalue weighted by atomic mass is 19.4. The largest absolute Gasteiger partial charge is 0.433 e. The van der Waals surface area contributed by atoms with Crippen LogP contribution in [0.1, 0.15) is 56.7 Å². The molecule has 2 aliphatic rings. The van der Waals surface area contributed by atoms with Gasteiger partial charge in [0.15, 0.2) is 5.82 Å². The van der Waals surface area contributed by atoms with E-state index in [2.05, 4.69) is 34.1 Å². The van der Waals surface area contributed by atoms with Gasteiger partial charge in [-0.05, 0) is 62.5 Å². The Bertz CT molecular complexity index is 875. The second-order valence-corrected chi connectivity index (χ2v) is 8.00. The van der Waals surface area contributed by atoms with Crippen molar-refractivity contribution >= 4 is 11.6 Å². The van der Waals surface area contributed by atoms with Crippen molar-refractivity contribution in [2.75, 3.05) is 11.1 Å². The van der Waals surface area contributed by atoms with Crippen molar-refractivity contribution < 1.29 is 13.2 Å². The Balaban J connectivity index is 1.75. The standard InChI is InChI=1S/C20H24F3N5/c1-10(12-6-7-12)16-17(24)27-18(28-19(16)25-11(2)13-8-9-13)14-4-3-5-15(26-14)20(21,22)23/h3-5,10-13H,6-9H2,1-2H3,(H3,24,25,27,28)/t10-,11-/m0/s1. The van der Waals surface area contributed by atoms with Crippen LogP contribution in [0.4, 0.5) is 24.8 Å². The monoisotopic (exact) mass is 391 g/mol. The first-order chi connectivity index (χ1) is 13.2. The summed E-state index contributed by atoms with van der Waals surface area (Å²) < 4.78 is 39.1. The maximum absolute atomic E-state index is 13.0. The van der Waals surface area contributed by atoms with Gasteiger partial charge in [-0.25, -0.2) is 15.0 Å². The maximum Gasteiger partial charge on any atom is 0.433 e. The third kappa shape index (κ3) is 3.91. The van der Waals surface area contributed by atoms with Crippen molar-refractivity contribution in [1.29, 1.82) is 0 Å². The van der Waals surface area contributed by atoms with E-state index in [1.165, 1.54) is 25.0 Å². The number of hydrogen-bond acceptors (Lipinski definition) is 5. The van der Waals surface area contributed by atoms with Crippen molar-refractivity contribution in [2.24, 2.45) is 11.8 Å². The van der Waals surface area contributed by atoms with E-state index in [-0.39, 0.29) is 23.5 Å². The molecule has 0 spiro atoms. The van der Waals surface area contributed by atoms with Crippen LogP contribution in [0.15, 0.2) is 18.2 Å². The van der Waals surface area contributed by atoms with Gasteiger partial charge < -0.3 is 11.1 Å². The Hall–Kier alpha value is -2.38. The van der Waals surface area contributed by atoms with Crippen LogP contribution in [0.5, 0.6) is 0 Å². The zero-order chi connectivity index (χ0) is 20.1. The first-order valence-corrected chi connectivity index (χ1v) is 9.72. The topological polar surface area (TPSA) is 76.7 Å². The molecular formula is C20H24F3N5. The van der Waals surface area contributed by atoms with Gasteiger partial charge in [0.1, 0.15) is 23.0 Å². The van der Waals surface area contributed by atoms with Crippen molar-refractivity contribution in [3.63, 3.8) is 0 Å². The van der Waals surface area contributed by atoms with E-state index < -0.39 is 11.9 Å². The van der Waals surface area contributed by atoms with Gasteiger partial charge in [0.25, 0.3) is 0 Å². The predicted octanol–water partition coefficient (Wildman–Crippen LogP) is 4.86. The lowest BCUT2D eigenvalue weighted by atomic mass is 9.96. The minimum atomic E-state index is -4.52. The van der Waals surface area contributed by atoms with E-state index in [1.807, 2.05) is 0 Å². The normalized spacial score (nSPS) is 19.3. The van der Waals surface area contributed by atoms with Gasteiger partial charge in [0, 0.05) is 11.6 Å². The zero-order valence-electron chi connectivity index (χ0n) is 15.9. The molecule has 8 heteroatoms. The lowest BCUT2D eigenvalue weighted by molar-refractivity contribution is -0.141. The Morgan fingerprint density at radius 2 is 1.71 bits per heavy atom. The molecule has 5 nitrogen and oxygen atoms in total. The molecular weight excluding hydrogens is 367 g/mol. The van der Waals surface area contributed by atoms with Crippen LogP contribution in [-0.4, -0.2) is 21.0 Å². The number of rotatable bonds is 6. The van der Waals surface area contributed by atoms with Crippen molar-refractivity contribution in [2.45, 2.75) is 57.7 Å². The lowest BCUT2D eigenvalue weighted by Crippen LogP contribution is -2.21. The molecule has 0 unspecified atom stereocenters. The Morgan fingerprint density at radius 1 is 1.04 bits per heavy atom. The second-order valence-electron chi connectivity index (χ2n) is 8.00. The van der Waals surface area contributed by atoms with Gasteiger partial charge in [-0.2, -0.15) is 13.2 Å². The maximum atomic E-state index is 13.0. The van der Waals surface area contributed by atoms with Crippen LogP contribution in [0, 0.1) is 11.8 Å². The van der Waals surface area contributed by atoms with Gasteiger partial charge in [-0.1, -0.05) is 13.0 Å². The summed E-state index contributed by atoms with van der Waals surface area (Å²) in [5.41, 5.74) is 6.24. The highest BCUT2D eigenvalue weighted by molar-refractivity contribution is 5.64. The van der Waals surface area contributed by atoms with E-state index in [1.54, 1.807) is 0 Å². The molecule has 2 atom stereocenters. The molecule has 0 amide bonds. The zero-order valence-corrected chi connectivity index (χ0v) is 15.9. The molecule has 0 saturated heterocycles. The van der Waals surface area contributed by atoms with Gasteiger partial charge in [-0.3, -0.25) is 0 Å². The first kappa shape index (κ1) is 19.0. The van der Waals surface area contributed by atoms with Crippen LogP contribution in [0.2, 0.25) is 0 Å². The highest BCUT2D eigenvalue weighted by Gasteiger charge is 2.35. The number of nitrogens with two attached hydrogens (primary N) is 1. The van der Waals surface area contributed by atoms with Gasteiger partial charge in [-0.15, -0.1) is 0 Å². The summed E-state index contributed by atoms with van der Waals surface area (Å²) in [5.74, 6) is 2.41. The Morgan fingerprint density at radius 3 is 2.32 bits per heavy atom. The molecule has 0 aliphatic heterocycles. The molecule has 0 bridgehead atoms. The van der Waals surface area contributed by atoms with Crippen LogP contribution >= 0.6 is 0 Å². The number of pyridine rings is 1. The summed E-state index contributed by atoms with van der Waals surface area (Å²) in [7, 11) is 0. The van der Waals surface area contributed by atoms with Crippen molar-refractivity contribution in [3.05, 3.63) is 29.5 Å². The predicted molar refractivity (Wildman–Crippen MR) is 102 cm³/mol. The minimum Gasteiger partial charge on any atom is -0.383 e. The van der Waals surface area contributed by atoms with E-state index in [0.29, 0.717) is 23.5 Å². The SMILES string of the molecule is C[C@H](Nc1nc(-c2cccc(C(F)(F)F)n2)nc(N)c1[C@@H](C)C1CC1)C1CC1. The third-order valence-electron chi connectivity index (χ3n) is 5.72. The van der Waals surface area contributed by atoms with E-state index in [0.717, 1.165) is 24.5 Å². The molecule has 0 radical (unpaired) electrons. The summed E-state index contributed by atoms with van der Waals surface area (Å²) in [4.78, 5) is 12.6. The molecule has 2 fully saturated rings. The van der Waals surface area contributed by atoms with Crippen LogP contribution < -0.4 is 11.1 Å². The van der Waals surface area contributed by atoms with E-state index in [9.17, 15) is 13.2 Å². The molecule has 2 aliphatic carbocycles. The molecule has 4 rings (SSSR count). The van der Waals surface area contributed by atoms with Gasteiger partial charge >= 0.3 is 6.18 Å². The first-order valence-electron chi connectivity index (χ1n) is 9.72. The molecule has 2 aromatic heterocycles. The number of halogens is 3. The number of alkyl halides is 3. The fourth-order valence-corrected chi connectivity index (χ4v) is 3.64. The average molecular weight is 391 g/mol. The highest BCUT2D eigenvalue weighted by Crippen LogP contribution is 2.46. The summed E-state index contributed by atoms with van der Waals surface area (Å²) in [6.07, 6.45) is 0.114. The van der Waals surface area contributed by atoms with Crippen LogP contribution in [0.3, 0.4) is 0 Å². The Labute approximate surface area is 162 Å². The second kappa shape index (κ2) is 6.90. The quantitative estimate of drug-likeness (QED) is 0.735. The van der Waals surface area contributed by atoms with Crippen LogP contribution in [0.25, 0.3) is 11.5 Å². The summed E-state index contributed by atoms with van der Waals surface area (Å²) >= 11 is 0. The molecule has 28 heavy (non-hydrogen) atoms. The number of aromatic nitrogens is 3. The van der Waals surface area contributed by atoms with Crippen LogP contribution in [-0.2, 0) is 6.18 Å². The number of anilines is 2. The van der Waals surface area contributed by atoms with E-state index in [4.69, 9.17) is 5.73 Å². The molecule has 0 aromatic carbocycles. The average Bonchev–Trinajstić information content (AvgIpc) is 3.53. The lowest BCUT2D eigenvalue weighted by Gasteiger charge is -2.22. The number of nitrogens with one attached hydrogen (secondary N) is 1. The molecule has 3 N–H and O–H groups in total. The molecule has 2 saturated carbocycles. The van der Waals surface area contributed by atoms with Crippen molar-refractivity contribution in [1.82, 2.24) is 15.0 Å². The summed E-state index contributed by atoms with van der Waals surface area (Å²) in [5, 5.41) is 3.45. The van der Waals surface area contributed by atoms with Gasteiger partial charge in [0.2, 0.25) is 0 Å². The number of nitrogens with zero attached hydrogens (tertiary/aromatic N) is 3. The number of nitrogen functional groups attached to an aromatic ring is 1. The van der Waals surface area contributed by atoms with Crippen molar-refractivity contribution in [3.8, 4) is 11.5 Å². The van der Waals surface area contributed by atoms with Gasteiger partial charge in [0.05, 0.1) is 0 Å². The third-order valence-corrected chi connectivity index (χ3v) is 5.72. The fourth-order valence-electron chi connectivity index (χ4n) is 3.64.